The van der Waals surface area contributed by atoms with Gasteiger partial charge in [-0.15, -0.1) is 0 Å². The van der Waals surface area contributed by atoms with Crippen molar-refractivity contribution in [3.8, 4) is 0 Å². The Kier molecular flexibility index (Phi) is 7.52. The molecule has 0 saturated carbocycles. The second kappa shape index (κ2) is 8.63. The van der Waals surface area contributed by atoms with Crippen LogP contribution in [0.2, 0.25) is 0 Å². The lowest BCUT2D eigenvalue weighted by molar-refractivity contribution is -0.121. The smallest absolute Gasteiger partial charge is 0.220 e. The number of nitrogens with two attached hydrogens (primary N) is 1. The van der Waals surface area contributed by atoms with Gasteiger partial charge in [-0.3, -0.25) is 4.79 Å². The van der Waals surface area contributed by atoms with Gasteiger partial charge in [0.2, 0.25) is 5.91 Å². The summed E-state index contributed by atoms with van der Waals surface area (Å²) in [6.07, 6.45) is 5.18. The number of nitrogens with one attached hydrogen (secondary N) is 1. The van der Waals surface area contributed by atoms with Crippen LogP contribution in [0.1, 0.15) is 52.9 Å². The molecular formula is C16H33N3O. The van der Waals surface area contributed by atoms with Crippen LogP contribution in [0.15, 0.2) is 0 Å². The van der Waals surface area contributed by atoms with E-state index < -0.39 is 0 Å². The van der Waals surface area contributed by atoms with Crippen LogP contribution in [-0.4, -0.2) is 43.5 Å². The number of nitrogens with zero attached hydrogens (tertiary/aromatic N) is 1. The summed E-state index contributed by atoms with van der Waals surface area (Å²) in [5.74, 6) is 0.715. The second-order valence-electron chi connectivity index (χ2n) is 7.08. The van der Waals surface area contributed by atoms with E-state index in [9.17, 15) is 4.79 Å². The third-order valence-corrected chi connectivity index (χ3v) is 4.41. The first-order valence-electron chi connectivity index (χ1n) is 8.12. The Hall–Kier alpha value is -0.610. The molecule has 1 rings (SSSR count). The molecule has 1 aliphatic heterocycles. The summed E-state index contributed by atoms with van der Waals surface area (Å²) in [5.41, 5.74) is 5.91. The summed E-state index contributed by atoms with van der Waals surface area (Å²) in [6.45, 7) is 11.6. The molecule has 20 heavy (non-hydrogen) atoms. The Morgan fingerprint density at radius 3 is 2.45 bits per heavy atom. The lowest BCUT2D eigenvalue weighted by Gasteiger charge is -2.30. The predicted molar refractivity (Wildman–Crippen MR) is 84.5 cm³/mol. The molecule has 4 heteroatoms. The molecule has 4 nitrogen and oxygen atoms in total. The first-order chi connectivity index (χ1) is 9.43. The fourth-order valence-electron chi connectivity index (χ4n) is 2.96. The number of hydrogen-bond donors (Lipinski definition) is 2. The van der Waals surface area contributed by atoms with E-state index in [2.05, 4.69) is 31.0 Å². The van der Waals surface area contributed by atoms with E-state index in [0.717, 1.165) is 25.9 Å². The fraction of sp³-hybridized carbons (Fsp3) is 0.938. The molecule has 0 aliphatic carbocycles. The van der Waals surface area contributed by atoms with E-state index in [1.54, 1.807) is 0 Å². The molecule has 0 aromatic rings. The van der Waals surface area contributed by atoms with E-state index in [1.807, 2.05) is 0 Å². The topological polar surface area (TPSA) is 58.4 Å². The molecule has 0 aromatic carbocycles. The van der Waals surface area contributed by atoms with Crippen LogP contribution >= 0.6 is 0 Å². The Morgan fingerprint density at radius 1 is 1.25 bits per heavy atom. The SMILES string of the molecule is CC(C)(C)C(CCN)CCC(=O)NCCN1CCCC1. The second-order valence-corrected chi connectivity index (χ2v) is 7.08. The number of likely N-dealkylation sites (tertiary alicyclic amines) is 1. The molecule has 1 fully saturated rings. The summed E-state index contributed by atoms with van der Waals surface area (Å²) >= 11 is 0. The lowest BCUT2D eigenvalue weighted by atomic mass is 9.76. The third-order valence-electron chi connectivity index (χ3n) is 4.41. The molecule has 1 unspecified atom stereocenters. The normalized spacial score (nSPS) is 18.2. The monoisotopic (exact) mass is 283 g/mol. The van der Waals surface area contributed by atoms with Gasteiger partial charge in [-0.05, 0) is 56.7 Å². The number of hydrogen-bond acceptors (Lipinski definition) is 3. The van der Waals surface area contributed by atoms with Crippen molar-refractivity contribution in [3.63, 3.8) is 0 Å². The van der Waals surface area contributed by atoms with E-state index in [-0.39, 0.29) is 11.3 Å². The van der Waals surface area contributed by atoms with E-state index in [4.69, 9.17) is 5.73 Å². The molecular weight excluding hydrogens is 250 g/mol. The van der Waals surface area contributed by atoms with E-state index in [1.165, 1.54) is 25.9 Å². The van der Waals surface area contributed by atoms with E-state index >= 15 is 0 Å². The summed E-state index contributed by atoms with van der Waals surface area (Å²) in [7, 11) is 0. The van der Waals surface area contributed by atoms with Gasteiger partial charge in [0, 0.05) is 19.5 Å². The van der Waals surface area contributed by atoms with Crippen LogP contribution in [0.4, 0.5) is 0 Å². The quantitative estimate of drug-likeness (QED) is 0.716. The molecule has 1 atom stereocenters. The highest BCUT2D eigenvalue weighted by Gasteiger charge is 2.24. The first kappa shape index (κ1) is 17.4. The zero-order chi connectivity index (χ0) is 15.0. The van der Waals surface area contributed by atoms with Gasteiger partial charge in [-0.1, -0.05) is 20.8 Å². The van der Waals surface area contributed by atoms with Crippen LogP contribution < -0.4 is 11.1 Å². The highest BCUT2D eigenvalue weighted by molar-refractivity contribution is 5.75. The Balaban J connectivity index is 2.16. The molecule has 1 heterocycles. The molecule has 1 amide bonds. The van der Waals surface area contributed by atoms with Gasteiger partial charge in [-0.2, -0.15) is 0 Å². The minimum Gasteiger partial charge on any atom is -0.355 e. The van der Waals surface area contributed by atoms with Crippen LogP contribution in [0, 0.1) is 11.3 Å². The van der Waals surface area contributed by atoms with Crippen LogP contribution in [0.25, 0.3) is 0 Å². The molecule has 118 valence electrons. The van der Waals surface area contributed by atoms with Gasteiger partial charge in [-0.25, -0.2) is 0 Å². The Bertz CT molecular complexity index is 280. The largest absolute Gasteiger partial charge is 0.355 e. The Morgan fingerprint density at radius 2 is 1.90 bits per heavy atom. The molecule has 0 bridgehead atoms. The number of rotatable bonds is 8. The van der Waals surface area contributed by atoms with Crippen molar-refractivity contribution in [2.75, 3.05) is 32.7 Å². The van der Waals surface area contributed by atoms with Crippen LogP contribution in [0.3, 0.4) is 0 Å². The van der Waals surface area contributed by atoms with Gasteiger partial charge in [0.1, 0.15) is 0 Å². The minimum atomic E-state index is 0.190. The number of carbonyl (C=O) groups excluding carboxylic acids is 1. The summed E-state index contributed by atoms with van der Waals surface area (Å²) < 4.78 is 0. The molecule has 1 saturated heterocycles. The lowest BCUT2D eigenvalue weighted by Crippen LogP contribution is -2.34. The van der Waals surface area contributed by atoms with Gasteiger partial charge in [0.15, 0.2) is 0 Å². The fourth-order valence-corrected chi connectivity index (χ4v) is 2.96. The van der Waals surface area contributed by atoms with Gasteiger partial charge >= 0.3 is 0 Å². The number of carbonyl (C=O) groups is 1. The van der Waals surface area contributed by atoms with Crippen molar-refractivity contribution < 1.29 is 4.79 Å². The van der Waals surface area contributed by atoms with Gasteiger partial charge < -0.3 is 16.0 Å². The molecule has 0 radical (unpaired) electrons. The maximum absolute atomic E-state index is 11.9. The molecule has 0 aromatic heterocycles. The van der Waals surface area contributed by atoms with Crippen molar-refractivity contribution in [1.82, 2.24) is 10.2 Å². The first-order valence-corrected chi connectivity index (χ1v) is 8.12. The standard InChI is InChI=1S/C16H33N3O/c1-16(2,3)14(8-9-17)6-7-15(20)18-10-13-19-11-4-5-12-19/h14H,4-13,17H2,1-3H3,(H,18,20). The summed E-state index contributed by atoms with van der Waals surface area (Å²) in [5, 5.41) is 3.05. The van der Waals surface area contributed by atoms with Crippen molar-refractivity contribution >= 4 is 5.91 Å². The number of amides is 1. The molecule has 3 N–H and O–H groups in total. The molecule has 1 aliphatic rings. The van der Waals surface area contributed by atoms with Crippen LogP contribution in [0.5, 0.6) is 0 Å². The van der Waals surface area contributed by atoms with Crippen LogP contribution in [-0.2, 0) is 4.79 Å². The maximum Gasteiger partial charge on any atom is 0.220 e. The van der Waals surface area contributed by atoms with E-state index in [0.29, 0.717) is 18.9 Å². The van der Waals surface area contributed by atoms with Crippen molar-refractivity contribution in [3.05, 3.63) is 0 Å². The summed E-state index contributed by atoms with van der Waals surface area (Å²) in [6, 6.07) is 0. The van der Waals surface area contributed by atoms with Gasteiger partial charge in [0.25, 0.3) is 0 Å². The predicted octanol–water partition coefficient (Wildman–Crippen LogP) is 1.99. The van der Waals surface area contributed by atoms with Crippen molar-refractivity contribution in [2.24, 2.45) is 17.1 Å². The average molecular weight is 283 g/mol. The van der Waals surface area contributed by atoms with Gasteiger partial charge in [0.05, 0.1) is 0 Å². The highest BCUT2D eigenvalue weighted by atomic mass is 16.1. The zero-order valence-electron chi connectivity index (χ0n) is 13.6. The zero-order valence-corrected chi connectivity index (χ0v) is 13.6. The summed E-state index contributed by atoms with van der Waals surface area (Å²) in [4.78, 5) is 14.3. The Labute approximate surface area is 124 Å². The third kappa shape index (κ3) is 6.71. The molecule has 0 spiro atoms. The average Bonchev–Trinajstić information content (AvgIpc) is 2.86. The minimum absolute atomic E-state index is 0.190. The highest BCUT2D eigenvalue weighted by Crippen LogP contribution is 2.31. The van der Waals surface area contributed by atoms with Crippen molar-refractivity contribution in [1.29, 1.82) is 0 Å². The maximum atomic E-state index is 11.9. The van der Waals surface area contributed by atoms with Crippen molar-refractivity contribution in [2.45, 2.75) is 52.9 Å².